The molecule has 0 aliphatic carbocycles. The zero-order valence-electron chi connectivity index (χ0n) is 12.8. The highest BCUT2D eigenvalue weighted by Crippen LogP contribution is 2.26. The van der Waals surface area contributed by atoms with Gasteiger partial charge in [0.25, 0.3) is 5.91 Å². The molecule has 1 heterocycles. The summed E-state index contributed by atoms with van der Waals surface area (Å²) < 4.78 is 5.14. The molecular formula is C18H15ClN2O2. The second-order valence-electron chi connectivity index (χ2n) is 5.11. The van der Waals surface area contributed by atoms with Gasteiger partial charge in [-0.3, -0.25) is 4.79 Å². The highest BCUT2D eigenvalue weighted by Gasteiger charge is 2.28. The molecule has 2 aromatic rings. The van der Waals surface area contributed by atoms with Gasteiger partial charge in [-0.2, -0.15) is 10.1 Å². The number of hydrazone groups is 1. The quantitative estimate of drug-likeness (QED) is 0.795. The average Bonchev–Trinajstić information content (AvgIpc) is 2.84. The molecule has 0 radical (unpaired) electrons. The zero-order valence-corrected chi connectivity index (χ0v) is 13.5. The number of ether oxygens (including phenoxy) is 1. The van der Waals surface area contributed by atoms with E-state index in [9.17, 15) is 4.79 Å². The lowest BCUT2D eigenvalue weighted by atomic mass is 10.1. The molecule has 1 amide bonds. The van der Waals surface area contributed by atoms with Crippen molar-refractivity contribution in [3.05, 3.63) is 64.7 Å². The van der Waals surface area contributed by atoms with Gasteiger partial charge in [0.2, 0.25) is 0 Å². The lowest BCUT2D eigenvalue weighted by molar-refractivity contribution is -0.114. The summed E-state index contributed by atoms with van der Waals surface area (Å²) in [7, 11) is 1.62. The van der Waals surface area contributed by atoms with Gasteiger partial charge in [0.05, 0.1) is 24.1 Å². The molecule has 0 bridgehead atoms. The molecule has 0 aromatic heterocycles. The first-order chi connectivity index (χ1) is 11.1. The van der Waals surface area contributed by atoms with Gasteiger partial charge in [0.1, 0.15) is 5.75 Å². The second kappa shape index (κ2) is 6.26. The number of methoxy groups -OCH3 is 1. The SMILES string of the molecule is COc1ccc(/C=C2/C(=O)N(c3ccc(Cl)cc3)N=C2C)cc1. The maximum atomic E-state index is 12.6. The van der Waals surface area contributed by atoms with Crippen LogP contribution >= 0.6 is 11.6 Å². The Labute approximate surface area is 139 Å². The van der Waals surface area contributed by atoms with Crippen LogP contribution in [-0.2, 0) is 4.79 Å². The summed E-state index contributed by atoms with van der Waals surface area (Å²) in [5.41, 5.74) is 2.87. The topological polar surface area (TPSA) is 41.9 Å². The molecule has 5 heteroatoms. The molecule has 0 N–H and O–H groups in total. The molecule has 0 spiro atoms. The van der Waals surface area contributed by atoms with Crippen molar-refractivity contribution in [3.8, 4) is 5.75 Å². The normalized spacial score (nSPS) is 16.0. The largest absolute Gasteiger partial charge is 0.497 e. The van der Waals surface area contributed by atoms with Crippen molar-refractivity contribution in [2.24, 2.45) is 5.10 Å². The van der Waals surface area contributed by atoms with Crippen LogP contribution in [0.3, 0.4) is 0 Å². The van der Waals surface area contributed by atoms with Crippen molar-refractivity contribution >= 4 is 35.0 Å². The fraction of sp³-hybridized carbons (Fsp3) is 0.111. The zero-order chi connectivity index (χ0) is 16.4. The summed E-state index contributed by atoms with van der Waals surface area (Å²) in [6, 6.07) is 14.5. The fourth-order valence-corrected chi connectivity index (χ4v) is 2.43. The number of anilines is 1. The van der Waals surface area contributed by atoms with E-state index in [-0.39, 0.29) is 5.91 Å². The minimum atomic E-state index is -0.152. The summed E-state index contributed by atoms with van der Waals surface area (Å²) >= 11 is 5.88. The van der Waals surface area contributed by atoms with E-state index in [1.165, 1.54) is 5.01 Å². The van der Waals surface area contributed by atoms with E-state index in [2.05, 4.69) is 5.10 Å². The molecule has 0 saturated carbocycles. The summed E-state index contributed by atoms with van der Waals surface area (Å²) in [6.45, 7) is 1.82. The molecule has 0 fully saturated rings. The minimum absolute atomic E-state index is 0.152. The Bertz CT molecular complexity index is 793. The lowest BCUT2D eigenvalue weighted by Gasteiger charge is -2.11. The first-order valence-corrected chi connectivity index (χ1v) is 7.47. The third kappa shape index (κ3) is 3.12. The first kappa shape index (κ1) is 15.3. The molecule has 116 valence electrons. The van der Waals surface area contributed by atoms with Gasteiger partial charge in [0.15, 0.2) is 0 Å². The van der Waals surface area contributed by atoms with Crippen LogP contribution < -0.4 is 9.75 Å². The van der Waals surface area contributed by atoms with Gasteiger partial charge in [0, 0.05) is 5.02 Å². The highest BCUT2D eigenvalue weighted by molar-refractivity contribution is 6.32. The summed E-state index contributed by atoms with van der Waals surface area (Å²) in [4.78, 5) is 12.6. The maximum absolute atomic E-state index is 12.6. The first-order valence-electron chi connectivity index (χ1n) is 7.10. The smallest absolute Gasteiger partial charge is 0.280 e. The number of hydrogen-bond donors (Lipinski definition) is 0. The van der Waals surface area contributed by atoms with E-state index in [1.54, 1.807) is 31.4 Å². The van der Waals surface area contributed by atoms with E-state index >= 15 is 0 Å². The summed E-state index contributed by atoms with van der Waals surface area (Å²) in [6.07, 6.45) is 1.83. The summed E-state index contributed by atoms with van der Waals surface area (Å²) in [5.74, 6) is 0.624. The van der Waals surface area contributed by atoms with Gasteiger partial charge in [-0.1, -0.05) is 23.7 Å². The van der Waals surface area contributed by atoms with Crippen LogP contribution in [0.15, 0.2) is 59.2 Å². The number of carbonyl (C=O) groups is 1. The van der Waals surface area contributed by atoms with E-state index in [4.69, 9.17) is 16.3 Å². The Hall–Kier alpha value is -2.59. The van der Waals surface area contributed by atoms with Crippen LogP contribution in [-0.4, -0.2) is 18.7 Å². The predicted octanol–water partition coefficient (Wildman–Crippen LogP) is 4.15. The maximum Gasteiger partial charge on any atom is 0.280 e. The van der Waals surface area contributed by atoms with Crippen molar-refractivity contribution in [2.45, 2.75) is 6.92 Å². The Morgan fingerprint density at radius 2 is 1.74 bits per heavy atom. The third-order valence-corrected chi connectivity index (χ3v) is 3.81. The van der Waals surface area contributed by atoms with Crippen molar-refractivity contribution in [1.29, 1.82) is 0 Å². The molecule has 1 aliphatic heterocycles. The second-order valence-corrected chi connectivity index (χ2v) is 5.55. The highest BCUT2D eigenvalue weighted by atomic mass is 35.5. The Morgan fingerprint density at radius 1 is 1.09 bits per heavy atom. The third-order valence-electron chi connectivity index (χ3n) is 3.56. The van der Waals surface area contributed by atoms with Crippen LogP contribution in [0.4, 0.5) is 5.69 Å². The van der Waals surface area contributed by atoms with Gasteiger partial charge in [-0.15, -0.1) is 0 Å². The Morgan fingerprint density at radius 3 is 2.35 bits per heavy atom. The van der Waals surface area contributed by atoms with Crippen molar-refractivity contribution < 1.29 is 9.53 Å². The molecule has 2 aromatic carbocycles. The number of carbonyl (C=O) groups excluding carboxylic acids is 1. The van der Waals surface area contributed by atoms with Crippen LogP contribution in [0.5, 0.6) is 5.75 Å². The molecule has 1 aliphatic rings. The standard InChI is InChI=1S/C18H15ClN2O2/c1-12-17(11-13-3-9-16(23-2)10-4-13)18(22)21(20-12)15-7-5-14(19)6-8-15/h3-11H,1-2H3/b17-11+. The number of hydrogen-bond acceptors (Lipinski definition) is 3. The molecule has 0 unspecified atom stereocenters. The Kier molecular flexibility index (Phi) is 4.17. The van der Waals surface area contributed by atoms with Crippen LogP contribution in [0.1, 0.15) is 12.5 Å². The van der Waals surface area contributed by atoms with Gasteiger partial charge >= 0.3 is 0 Å². The average molecular weight is 327 g/mol. The Balaban J connectivity index is 1.89. The number of nitrogens with zero attached hydrogens (tertiary/aromatic N) is 2. The molecular weight excluding hydrogens is 312 g/mol. The van der Waals surface area contributed by atoms with Crippen LogP contribution in [0.25, 0.3) is 6.08 Å². The van der Waals surface area contributed by atoms with E-state index in [0.717, 1.165) is 11.3 Å². The number of rotatable bonds is 3. The van der Waals surface area contributed by atoms with E-state index < -0.39 is 0 Å². The number of halogens is 1. The lowest BCUT2D eigenvalue weighted by Crippen LogP contribution is -2.21. The molecule has 3 rings (SSSR count). The number of amides is 1. The van der Waals surface area contributed by atoms with Crippen molar-refractivity contribution in [2.75, 3.05) is 12.1 Å². The van der Waals surface area contributed by atoms with Crippen molar-refractivity contribution in [3.63, 3.8) is 0 Å². The molecule has 4 nitrogen and oxygen atoms in total. The van der Waals surface area contributed by atoms with Crippen LogP contribution in [0.2, 0.25) is 5.02 Å². The van der Waals surface area contributed by atoms with E-state index in [1.807, 2.05) is 37.3 Å². The molecule has 0 saturated heterocycles. The number of benzene rings is 2. The van der Waals surface area contributed by atoms with E-state index in [0.29, 0.717) is 22.0 Å². The van der Waals surface area contributed by atoms with Gasteiger partial charge in [-0.25, -0.2) is 0 Å². The minimum Gasteiger partial charge on any atom is -0.497 e. The monoisotopic (exact) mass is 326 g/mol. The summed E-state index contributed by atoms with van der Waals surface area (Å²) in [5, 5.41) is 6.36. The van der Waals surface area contributed by atoms with Gasteiger partial charge in [-0.05, 0) is 55.0 Å². The van der Waals surface area contributed by atoms with Crippen molar-refractivity contribution in [1.82, 2.24) is 0 Å². The molecule has 0 atom stereocenters. The fourth-order valence-electron chi connectivity index (χ4n) is 2.31. The van der Waals surface area contributed by atoms with Gasteiger partial charge < -0.3 is 4.74 Å². The van der Waals surface area contributed by atoms with Crippen LogP contribution in [0, 0.1) is 0 Å². The molecule has 23 heavy (non-hydrogen) atoms. The predicted molar refractivity (Wildman–Crippen MR) is 93.0 cm³/mol.